The number of nitrogens with zero attached hydrogens (tertiary/aromatic N) is 2. The van der Waals surface area contributed by atoms with E-state index in [0.717, 1.165) is 10.6 Å². The molecule has 2 atom stereocenters. The molecule has 2 bridgehead atoms. The van der Waals surface area contributed by atoms with E-state index in [1.165, 1.54) is 11.3 Å². The topological polar surface area (TPSA) is 73.8 Å². The summed E-state index contributed by atoms with van der Waals surface area (Å²) in [6.07, 6.45) is 4.74. The van der Waals surface area contributed by atoms with Crippen molar-refractivity contribution >= 4 is 23.2 Å². The van der Waals surface area contributed by atoms with Gasteiger partial charge in [0.25, 0.3) is 5.91 Å². The first-order valence-electron chi connectivity index (χ1n) is 8.71. The van der Waals surface area contributed by atoms with Crippen molar-refractivity contribution in [3.63, 3.8) is 0 Å². The van der Waals surface area contributed by atoms with Crippen LogP contribution in [0.1, 0.15) is 44.3 Å². The summed E-state index contributed by atoms with van der Waals surface area (Å²) in [7, 11) is 0. The first kappa shape index (κ1) is 17.3. The third-order valence-corrected chi connectivity index (χ3v) is 7.30. The van der Waals surface area contributed by atoms with Gasteiger partial charge >= 0.3 is 5.97 Å². The Bertz CT molecular complexity index is 953. The molecule has 1 aliphatic carbocycles. The van der Waals surface area contributed by atoms with Gasteiger partial charge in [-0.2, -0.15) is 4.99 Å². The molecule has 2 aromatic heterocycles. The third kappa shape index (κ3) is 2.13. The average molecular weight is 374 g/mol. The molecule has 0 unspecified atom stereocenters. The van der Waals surface area contributed by atoms with Crippen molar-refractivity contribution in [3.8, 4) is 0 Å². The number of fused-ring (bicyclic) bond motifs is 2. The minimum atomic E-state index is -1.17. The largest absolute Gasteiger partial charge is 0.467 e. The van der Waals surface area contributed by atoms with Crippen LogP contribution in [0, 0.1) is 17.8 Å². The molecule has 138 valence electrons. The zero-order chi connectivity index (χ0) is 18.7. The van der Waals surface area contributed by atoms with Crippen molar-refractivity contribution in [2.45, 2.75) is 52.7 Å². The highest BCUT2D eigenvalue weighted by Crippen LogP contribution is 2.65. The Kier molecular flexibility index (Phi) is 3.60. The molecular weight excluding hydrogens is 352 g/mol. The van der Waals surface area contributed by atoms with E-state index < -0.39 is 16.4 Å². The van der Waals surface area contributed by atoms with Crippen molar-refractivity contribution < 1.29 is 18.7 Å². The summed E-state index contributed by atoms with van der Waals surface area (Å²) in [5.41, 5.74) is -2.39. The molecule has 7 heteroatoms. The van der Waals surface area contributed by atoms with Crippen molar-refractivity contribution in [1.82, 2.24) is 4.57 Å². The van der Waals surface area contributed by atoms with Crippen molar-refractivity contribution in [1.29, 1.82) is 0 Å². The normalized spacial score (nSPS) is 30.0. The number of furan rings is 1. The molecule has 1 aliphatic heterocycles. The van der Waals surface area contributed by atoms with Gasteiger partial charge in [-0.15, -0.1) is 11.3 Å². The van der Waals surface area contributed by atoms with Gasteiger partial charge in [-0.1, -0.05) is 13.8 Å². The van der Waals surface area contributed by atoms with Gasteiger partial charge in [-0.25, -0.2) is 0 Å². The maximum Gasteiger partial charge on any atom is 0.313 e. The van der Waals surface area contributed by atoms with E-state index in [1.54, 1.807) is 6.26 Å². The van der Waals surface area contributed by atoms with E-state index in [9.17, 15) is 9.59 Å². The molecule has 0 N–H and O–H groups in total. The van der Waals surface area contributed by atoms with Crippen LogP contribution in [0.2, 0.25) is 0 Å². The molecule has 4 rings (SSSR count). The predicted molar refractivity (Wildman–Crippen MR) is 95.4 cm³/mol. The van der Waals surface area contributed by atoms with Crippen molar-refractivity contribution in [2.75, 3.05) is 0 Å². The van der Waals surface area contributed by atoms with Crippen LogP contribution in [0.3, 0.4) is 0 Å². The van der Waals surface area contributed by atoms with E-state index in [-0.39, 0.29) is 11.9 Å². The molecule has 2 aliphatic rings. The summed E-state index contributed by atoms with van der Waals surface area (Å²) in [6.45, 7) is 8.24. The molecule has 1 saturated carbocycles. The van der Waals surface area contributed by atoms with Gasteiger partial charge in [0.2, 0.25) is 0 Å². The van der Waals surface area contributed by atoms with Crippen LogP contribution in [0.4, 0.5) is 0 Å². The fourth-order valence-corrected chi connectivity index (χ4v) is 5.00. The van der Waals surface area contributed by atoms with Gasteiger partial charge in [0, 0.05) is 16.5 Å². The minimum Gasteiger partial charge on any atom is -0.467 e. The fraction of sp³-hybridized carbons (Fsp3) is 0.526. The molecule has 6 nitrogen and oxygen atoms in total. The number of amides is 1. The lowest BCUT2D eigenvalue weighted by molar-refractivity contribution is -0.166. The number of aromatic nitrogens is 1. The molecule has 1 saturated heterocycles. The molecule has 0 aromatic carbocycles. The maximum absolute atomic E-state index is 13.2. The number of aryl methyl sites for hydroxylation is 1. The second-order valence-electron chi connectivity index (χ2n) is 7.92. The van der Waals surface area contributed by atoms with Crippen LogP contribution >= 0.6 is 11.3 Å². The molecule has 2 fully saturated rings. The zero-order valence-electron chi connectivity index (χ0n) is 15.4. The first-order chi connectivity index (χ1) is 12.2. The Morgan fingerprint density at radius 3 is 2.69 bits per heavy atom. The lowest BCUT2D eigenvalue weighted by atomic mass is 9.66. The number of hydrogen-bond acceptors (Lipinski definition) is 5. The average Bonchev–Trinajstić information content (AvgIpc) is 3.26. The monoisotopic (exact) mass is 374 g/mol. The Labute approximate surface area is 155 Å². The SMILES string of the molecule is Cc1cn(Cc2ccco2)c(=NC(=O)[C@]23CC[C@](C)(C(=O)O2)C3(C)C)s1. The summed E-state index contributed by atoms with van der Waals surface area (Å²) in [4.78, 5) is 31.6. The Morgan fingerprint density at radius 2 is 2.12 bits per heavy atom. The van der Waals surface area contributed by atoms with E-state index in [2.05, 4.69) is 4.99 Å². The lowest BCUT2D eigenvalue weighted by Crippen LogP contribution is -2.47. The summed E-state index contributed by atoms with van der Waals surface area (Å²) in [5, 5.41) is 0. The second-order valence-corrected chi connectivity index (χ2v) is 9.14. The third-order valence-electron chi connectivity index (χ3n) is 6.37. The number of ether oxygens (including phenoxy) is 1. The molecule has 26 heavy (non-hydrogen) atoms. The highest BCUT2D eigenvalue weighted by molar-refractivity contribution is 7.09. The van der Waals surface area contributed by atoms with E-state index in [1.807, 2.05) is 50.6 Å². The van der Waals surface area contributed by atoms with Crippen LogP contribution in [-0.4, -0.2) is 22.0 Å². The zero-order valence-corrected chi connectivity index (χ0v) is 16.2. The molecule has 2 aromatic rings. The van der Waals surface area contributed by atoms with Crippen LogP contribution in [0.25, 0.3) is 0 Å². The number of carbonyl (C=O) groups is 2. The molecule has 0 spiro atoms. The van der Waals surface area contributed by atoms with Crippen LogP contribution in [0.5, 0.6) is 0 Å². The minimum absolute atomic E-state index is 0.289. The van der Waals surface area contributed by atoms with Gasteiger partial charge in [0.05, 0.1) is 18.2 Å². The van der Waals surface area contributed by atoms with Crippen molar-refractivity contribution in [3.05, 3.63) is 40.0 Å². The van der Waals surface area contributed by atoms with Crippen LogP contribution in [-0.2, 0) is 20.9 Å². The van der Waals surface area contributed by atoms with Gasteiger partial charge in [0.15, 0.2) is 10.4 Å². The standard InChI is InChI=1S/C19H22N2O4S/c1-12-10-21(11-13-6-5-9-24-13)16(26-12)20-14(22)19-8-7-18(4,15(23)25-19)17(19,2)3/h5-6,9-10H,7-8,11H2,1-4H3/t18-,19+/m1/s1. The Hall–Kier alpha value is -2.15. The second kappa shape index (κ2) is 5.42. The summed E-state index contributed by atoms with van der Waals surface area (Å²) >= 11 is 1.44. The van der Waals surface area contributed by atoms with E-state index in [0.29, 0.717) is 24.2 Å². The lowest BCUT2D eigenvalue weighted by Gasteiger charge is -2.33. The molecule has 3 heterocycles. The number of thiazole rings is 1. The fourth-order valence-electron chi connectivity index (χ4n) is 4.17. The summed E-state index contributed by atoms with van der Waals surface area (Å²) in [5.74, 6) is 0.131. The predicted octanol–water partition coefficient (Wildman–Crippen LogP) is 3.05. The molecule has 0 radical (unpaired) electrons. The first-order valence-corrected chi connectivity index (χ1v) is 9.53. The highest BCUT2D eigenvalue weighted by Gasteiger charge is 2.75. The van der Waals surface area contributed by atoms with Gasteiger partial charge in [0.1, 0.15) is 5.76 Å². The Morgan fingerprint density at radius 1 is 1.35 bits per heavy atom. The van der Waals surface area contributed by atoms with Crippen LogP contribution < -0.4 is 4.80 Å². The molecule has 1 amide bonds. The summed E-state index contributed by atoms with van der Waals surface area (Å²) < 4.78 is 12.9. The summed E-state index contributed by atoms with van der Waals surface area (Å²) in [6, 6.07) is 3.71. The van der Waals surface area contributed by atoms with Gasteiger partial charge in [-0.3, -0.25) is 9.59 Å². The number of rotatable bonds is 3. The number of carbonyl (C=O) groups excluding carboxylic acids is 2. The molecular formula is C19H22N2O4S. The smallest absolute Gasteiger partial charge is 0.313 e. The van der Waals surface area contributed by atoms with Crippen LogP contribution in [0.15, 0.2) is 34.0 Å². The maximum atomic E-state index is 13.2. The van der Waals surface area contributed by atoms with Gasteiger partial charge < -0.3 is 13.7 Å². The quantitative estimate of drug-likeness (QED) is 0.774. The van der Waals surface area contributed by atoms with Gasteiger partial charge in [-0.05, 0) is 38.8 Å². The van der Waals surface area contributed by atoms with Crippen molar-refractivity contribution in [2.24, 2.45) is 15.8 Å². The van der Waals surface area contributed by atoms with E-state index in [4.69, 9.17) is 9.15 Å². The Balaban J connectivity index is 1.74. The highest BCUT2D eigenvalue weighted by atomic mass is 32.1. The van der Waals surface area contributed by atoms with E-state index >= 15 is 0 Å². The number of esters is 1. The number of hydrogen-bond donors (Lipinski definition) is 0.